The van der Waals surface area contributed by atoms with E-state index in [1.54, 1.807) is 6.20 Å². The number of amides is 1. The molecule has 1 amide bonds. The topological polar surface area (TPSA) is 54.0 Å². The first kappa shape index (κ1) is 16.9. The van der Waals surface area contributed by atoms with Crippen molar-refractivity contribution in [2.24, 2.45) is 5.92 Å². The molecule has 2 unspecified atom stereocenters. The molecule has 112 valence electrons. The Morgan fingerprint density at radius 3 is 2.90 bits per heavy atom. The number of hydrogen-bond acceptors (Lipinski definition) is 3. The third-order valence-corrected chi connectivity index (χ3v) is 3.79. The Morgan fingerprint density at radius 2 is 2.35 bits per heavy atom. The first-order valence-electron chi connectivity index (χ1n) is 7.09. The number of carbonyl (C=O) groups is 1. The maximum absolute atomic E-state index is 12.0. The summed E-state index contributed by atoms with van der Waals surface area (Å²) >= 11 is 0. The second kappa shape index (κ2) is 8.22. The molecule has 1 fully saturated rings. The summed E-state index contributed by atoms with van der Waals surface area (Å²) in [5.74, 6) is 0.923. The van der Waals surface area contributed by atoms with Crippen LogP contribution in [0.4, 0.5) is 0 Å². The molecule has 0 aromatic carbocycles. The van der Waals surface area contributed by atoms with Crippen LogP contribution in [0, 0.1) is 5.92 Å². The molecule has 0 saturated carbocycles. The van der Waals surface area contributed by atoms with Crippen LogP contribution in [0.3, 0.4) is 0 Å². The molecule has 1 aliphatic rings. The predicted octanol–water partition coefficient (Wildman–Crippen LogP) is 2.11. The molecule has 1 aromatic heterocycles. The summed E-state index contributed by atoms with van der Waals surface area (Å²) in [7, 11) is 0. The van der Waals surface area contributed by atoms with E-state index in [0.29, 0.717) is 18.4 Å². The number of nitrogens with one attached hydrogen (secondary N) is 2. The van der Waals surface area contributed by atoms with Gasteiger partial charge in [-0.25, -0.2) is 0 Å². The molecule has 0 radical (unpaired) electrons. The highest BCUT2D eigenvalue weighted by Crippen LogP contribution is 2.22. The zero-order valence-corrected chi connectivity index (χ0v) is 13.0. The van der Waals surface area contributed by atoms with Gasteiger partial charge >= 0.3 is 0 Å². The van der Waals surface area contributed by atoms with Gasteiger partial charge in [0.25, 0.3) is 0 Å². The van der Waals surface area contributed by atoms with Crippen LogP contribution in [0.2, 0.25) is 0 Å². The van der Waals surface area contributed by atoms with Gasteiger partial charge in [0.2, 0.25) is 5.91 Å². The van der Waals surface area contributed by atoms with Gasteiger partial charge in [0.1, 0.15) is 0 Å². The summed E-state index contributed by atoms with van der Waals surface area (Å²) in [4.78, 5) is 16.2. The summed E-state index contributed by atoms with van der Waals surface area (Å²) in [5, 5.41) is 6.30. The zero-order valence-electron chi connectivity index (χ0n) is 12.1. The molecule has 4 nitrogen and oxygen atoms in total. The molecule has 5 heteroatoms. The van der Waals surface area contributed by atoms with E-state index in [-0.39, 0.29) is 24.4 Å². The van der Waals surface area contributed by atoms with E-state index in [1.807, 2.05) is 12.3 Å². The summed E-state index contributed by atoms with van der Waals surface area (Å²) in [6, 6.07) is 4.03. The standard InChI is InChI=1S/C15H23N3O.ClH/c1-11(2)13(12-5-3-7-16-9-12)10-18-15(19)14-6-4-8-17-14;/h3,5,7,9,11,13-14,17H,4,6,8,10H2,1-2H3,(H,18,19);1H. The van der Waals surface area contributed by atoms with E-state index in [1.165, 1.54) is 5.56 Å². The average molecular weight is 298 g/mol. The monoisotopic (exact) mass is 297 g/mol. The van der Waals surface area contributed by atoms with Crippen molar-refractivity contribution in [3.63, 3.8) is 0 Å². The van der Waals surface area contributed by atoms with Gasteiger partial charge < -0.3 is 10.6 Å². The van der Waals surface area contributed by atoms with Gasteiger partial charge in [-0.3, -0.25) is 9.78 Å². The Labute approximate surface area is 127 Å². The minimum atomic E-state index is 0. The maximum atomic E-state index is 12.0. The highest BCUT2D eigenvalue weighted by Gasteiger charge is 2.23. The second-order valence-electron chi connectivity index (χ2n) is 5.53. The Hall–Kier alpha value is -1.13. The predicted molar refractivity (Wildman–Crippen MR) is 83.1 cm³/mol. The Kier molecular flexibility index (Phi) is 6.96. The molecular weight excluding hydrogens is 274 g/mol. The van der Waals surface area contributed by atoms with E-state index in [0.717, 1.165) is 19.4 Å². The van der Waals surface area contributed by atoms with Gasteiger partial charge in [0.15, 0.2) is 0 Å². The molecule has 0 aliphatic carbocycles. The first-order chi connectivity index (χ1) is 9.18. The van der Waals surface area contributed by atoms with Gasteiger partial charge in [-0.1, -0.05) is 19.9 Å². The molecule has 2 N–H and O–H groups in total. The number of halogens is 1. The number of nitrogens with zero attached hydrogens (tertiary/aromatic N) is 1. The third kappa shape index (κ3) is 4.46. The van der Waals surface area contributed by atoms with E-state index in [2.05, 4.69) is 35.5 Å². The highest BCUT2D eigenvalue weighted by molar-refractivity contribution is 5.85. The van der Waals surface area contributed by atoms with Gasteiger partial charge in [-0.05, 0) is 36.9 Å². The smallest absolute Gasteiger partial charge is 0.237 e. The van der Waals surface area contributed by atoms with Crippen molar-refractivity contribution in [1.29, 1.82) is 0 Å². The maximum Gasteiger partial charge on any atom is 0.237 e. The Morgan fingerprint density at radius 1 is 1.55 bits per heavy atom. The normalized spacial score (nSPS) is 19.4. The number of pyridine rings is 1. The van der Waals surface area contributed by atoms with Crippen LogP contribution in [0.15, 0.2) is 24.5 Å². The summed E-state index contributed by atoms with van der Waals surface area (Å²) < 4.78 is 0. The minimum Gasteiger partial charge on any atom is -0.354 e. The van der Waals surface area contributed by atoms with Gasteiger partial charge in [-0.15, -0.1) is 12.4 Å². The summed E-state index contributed by atoms with van der Waals surface area (Å²) in [5.41, 5.74) is 1.19. The third-order valence-electron chi connectivity index (χ3n) is 3.79. The molecule has 1 aromatic rings. The first-order valence-corrected chi connectivity index (χ1v) is 7.09. The Bertz CT molecular complexity index is 405. The van der Waals surface area contributed by atoms with E-state index >= 15 is 0 Å². The van der Waals surface area contributed by atoms with Crippen molar-refractivity contribution in [3.8, 4) is 0 Å². The Balaban J connectivity index is 0.00000200. The van der Waals surface area contributed by atoms with E-state index in [4.69, 9.17) is 0 Å². The lowest BCUT2D eigenvalue weighted by Gasteiger charge is -2.22. The van der Waals surface area contributed by atoms with Crippen LogP contribution in [-0.4, -0.2) is 30.0 Å². The molecule has 0 spiro atoms. The van der Waals surface area contributed by atoms with Crippen molar-refractivity contribution in [2.75, 3.05) is 13.1 Å². The van der Waals surface area contributed by atoms with Gasteiger partial charge in [-0.2, -0.15) is 0 Å². The second-order valence-corrected chi connectivity index (χ2v) is 5.53. The average Bonchev–Trinajstić information content (AvgIpc) is 2.93. The molecule has 0 bridgehead atoms. The van der Waals surface area contributed by atoms with Crippen molar-refractivity contribution in [2.45, 2.75) is 38.6 Å². The minimum absolute atomic E-state index is 0. The lowest BCUT2D eigenvalue weighted by molar-refractivity contribution is -0.122. The highest BCUT2D eigenvalue weighted by atomic mass is 35.5. The van der Waals surface area contributed by atoms with Crippen molar-refractivity contribution < 1.29 is 4.79 Å². The van der Waals surface area contributed by atoms with Crippen LogP contribution in [0.1, 0.15) is 38.2 Å². The fourth-order valence-corrected chi connectivity index (χ4v) is 2.58. The van der Waals surface area contributed by atoms with Crippen molar-refractivity contribution in [3.05, 3.63) is 30.1 Å². The summed E-state index contributed by atoms with van der Waals surface area (Å²) in [6.45, 7) is 5.99. The van der Waals surface area contributed by atoms with E-state index in [9.17, 15) is 4.79 Å². The SMILES string of the molecule is CC(C)C(CNC(=O)C1CCCN1)c1cccnc1.Cl. The molecule has 1 aliphatic heterocycles. The molecule has 1 saturated heterocycles. The lowest BCUT2D eigenvalue weighted by atomic mass is 9.89. The zero-order chi connectivity index (χ0) is 13.7. The summed E-state index contributed by atoms with van der Waals surface area (Å²) in [6.07, 6.45) is 5.71. The molecular formula is C15H24ClN3O. The van der Waals surface area contributed by atoms with Crippen LogP contribution >= 0.6 is 12.4 Å². The molecule has 2 rings (SSSR count). The quantitative estimate of drug-likeness (QED) is 0.875. The van der Waals surface area contributed by atoms with Crippen molar-refractivity contribution >= 4 is 18.3 Å². The lowest BCUT2D eigenvalue weighted by Crippen LogP contribution is -2.42. The molecule has 2 heterocycles. The number of aromatic nitrogens is 1. The molecule has 20 heavy (non-hydrogen) atoms. The number of hydrogen-bond donors (Lipinski definition) is 2. The number of rotatable bonds is 5. The van der Waals surface area contributed by atoms with Crippen LogP contribution in [-0.2, 0) is 4.79 Å². The number of carbonyl (C=O) groups excluding carboxylic acids is 1. The van der Waals surface area contributed by atoms with Gasteiger partial charge in [0, 0.05) is 24.9 Å². The van der Waals surface area contributed by atoms with Crippen molar-refractivity contribution in [1.82, 2.24) is 15.6 Å². The largest absolute Gasteiger partial charge is 0.354 e. The fourth-order valence-electron chi connectivity index (χ4n) is 2.58. The van der Waals surface area contributed by atoms with Gasteiger partial charge in [0.05, 0.1) is 6.04 Å². The van der Waals surface area contributed by atoms with E-state index < -0.39 is 0 Å². The fraction of sp³-hybridized carbons (Fsp3) is 0.600. The molecule has 2 atom stereocenters. The van der Waals surface area contributed by atoms with Crippen LogP contribution < -0.4 is 10.6 Å². The van der Waals surface area contributed by atoms with Crippen LogP contribution in [0.5, 0.6) is 0 Å². The van der Waals surface area contributed by atoms with Crippen LogP contribution in [0.25, 0.3) is 0 Å².